The second kappa shape index (κ2) is 6.83. The summed E-state index contributed by atoms with van der Waals surface area (Å²) in [5.41, 5.74) is 0.118. The molecule has 1 unspecified atom stereocenters. The third kappa shape index (κ3) is 3.68. The van der Waals surface area contributed by atoms with Gasteiger partial charge in [-0.05, 0) is 43.4 Å². The Bertz CT molecular complexity index is 458. The largest absolute Gasteiger partial charge is 0.388 e. The topological polar surface area (TPSA) is 32.3 Å². The summed E-state index contributed by atoms with van der Waals surface area (Å²) in [6, 6.07) is 7.69. The Morgan fingerprint density at radius 1 is 1.50 bits per heavy atom. The molecule has 2 rings (SSSR count). The van der Waals surface area contributed by atoms with E-state index in [1.165, 1.54) is 0 Å². The van der Waals surface area contributed by atoms with Crippen LogP contribution < -0.4 is 5.32 Å². The Morgan fingerprint density at radius 3 is 2.80 bits per heavy atom. The summed E-state index contributed by atoms with van der Waals surface area (Å²) < 4.78 is 14.3. The predicted octanol–water partition coefficient (Wildman–Crippen LogP) is 3.91. The van der Waals surface area contributed by atoms with E-state index in [0.717, 1.165) is 10.0 Å². The first kappa shape index (κ1) is 15.7. The lowest BCUT2D eigenvalue weighted by Crippen LogP contribution is -2.47. The van der Waals surface area contributed by atoms with E-state index >= 15 is 0 Å². The van der Waals surface area contributed by atoms with Crippen LogP contribution in [0.25, 0.3) is 0 Å². The molecule has 0 aromatic heterocycles. The molecule has 0 amide bonds. The van der Waals surface area contributed by atoms with Gasteiger partial charge >= 0.3 is 0 Å². The number of rotatable bonds is 5. The summed E-state index contributed by atoms with van der Waals surface area (Å²) in [5.74, 6) is 0. The van der Waals surface area contributed by atoms with Crippen molar-refractivity contribution in [2.75, 3.05) is 6.54 Å². The molecule has 110 valence electrons. The highest BCUT2D eigenvalue weighted by Gasteiger charge is 2.40. The normalized spacial score (nSPS) is 28.1. The van der Waals surface area contributed by atoms with Crippen molar-refractivity contribution in [2.45, 2.75) is 43.5 Å². The van der Waals surface area contributed by atoms with E-state index in [1.807, 2.05) is 24.3 Å². The van der Waals surface area contributed by atoms with Crippen LogP contribution in [0.5, 0.6) is 0 Å². The first-order chi connectivity index (χ1) is 9.55. The van der Waals surface area contributed by atoms with E-state index in [2.05, 4.69) is 27.8 Å². The van der Waals surface area contributed by atoms with Gasteiger partial charge in [0.15, 0.2) is 0 Å². The van der Waals surface area contributed by atoms with Gasteiger partial charge in [0.1, 0.15) is 6.17 Å². The van der Waals surface area contributed by atoms with Crippen molar-refractivity contribution in [1.82, 2.24) is 5.32 Å². The molecule has 20 heavy (non-hydrogen) atoms. The van der Waals surface area contributed by atoms with Gasteiger partial charge in [-0.1, -0.05) is 34.1 Å². The lowest BCUT2D eigenvalue weighted by atomic mass is 9.76. The summed E-state index contributed by atoms with van der Waals surface area (Å²) in [6.45, 7) is 4.32. The molecule has 2 nitrogen and oxygen atoms in total. The zero-order valence-corrected chi connectivity index (χ0v) is 13.1. The first-order valence-corrected chi connectivity index (χ1v) is 7.80. The summed E-state index contributed by atoms with van der Waals surface area (Å²) in [4.78, 5) is 0. The monoisotopic (exact) mass is 341 g/mol. The van der Waals surface area contributed by atoms with Gasteiger partial charge in [-0.2, -0.15) is 0 Å². The highest BCUT2D eigenvalue weighted by atomic mass is 79.9. The molecule has 0 saturated heterocycles. The van der Waals surface area contributed by atoms with Crippen LogP contribution >= 0.6 is 15.9 Å². The minimum absolute atomic E-state index is 0.203. The summed E-state index contributed by atoms with van der Waals surface area (Å²) in [5, 5.41) is 14.3. The van der Waals surface area contributed by atoms with Crippen LogP contribution in [-0.4, -0.2) is 23.4 Å². The van der Waals surface area contributed by atoms with Gasteiger partial charge in [0.25, 0.3) is 0 Å². The molecular formula is C16H21BrFNO. The van der Waals surface area contributed by atoms with Crippen molar-refractivity contribution in [1.29, 1.82) is 0 Å². The molecule has 1 aliphatic carbocycles. The summed E-state index contributed by atoms with van der Waals surface area (Å²) in [6.07, 6.45) is 2.81. The second-order valence-corrected chi connectivity index (χ2v) is 6.38. The molecule has 0 aliphatic heterocycles. The first-order valence-electron chi connectivity index (χ1n) is 7.01. The fraction of sp³-hybridized carbons (Fsp3) is 0.500. The third-order valence-electron chi connectivity index (χ3n) is 3.97. The van der Waals surface area contributed by atoms with E-state index in [-0.39, 0.29) is 6.04 Å². The number of halogens is 2. The van der Waals surface area contributed by atoms with Crippen molar-refractivity contribution >= 4 is 15.9 Å². The Hall–Kier alpha value is -0.710. The van der Waals surface area contributed by atoms with Gasteiger partial charge < -0.3 is 10.4 Å². The SMILES string of the molecule is C=CCNC(c1cccc(Br)c1)C1(O)CCC(F)CC1. The van der Waals surface area contributed by atoms with Crippen molar-refractivity contribution in [3.05, 3.63) is 47.0 Å². The average molecular weight is 342 g/mol. The Morgan fingerprint density at radius 2 is 2.20 bits per heavy atom. The highest BCUT2D eigenvalue weighted by molar-refractivity contribution is 9.10. The zero-order chi connectivity index (χ0) is 14.6. The van der Waals surface area contributed by atoms with Gasteiger partial charge in [0.2, 0.25) is 0 Å². The van der Waals surface area contributed by atoms with Crippen LogP contribution in [0.4, 0.5) is 4.39 Å². The van der Waals surface area contributed by atoms with E-state index in [0.29, 0.717) is 32.2 Å². The number of hydrogen-bond acceptors (Lipinski definition) is 2. The molecule has 1 saturated carbocycles. The smallest absolute Gasteiger partial charge is 0.100 e. The number of aliphatic hydroxyl groups is 1. The fourth-order valence-electron chi connectivity index (χ4n) is 2.88. The number of hydrogen-bond donors (Lipinski definition) is 2. The Labute approximate surface area is 128 Å². The highest BCUT2D eigenvalue weighted by Crippen LogP contribution is 2.39. The lowest BCUT2D eigenvalue weighted by Gasteiger charge is -2.40. The van der Waals surface area contributed by atoms with Gasteiger partial charge in [-0.15, -0.1) is 6.58 Å². The average Bonchev–Trinajstić information content (AvgIpc) is 2.43. The van der Waals surface area contributed by atoms with Crippen molar-refractivity contribution < 1.29 is 9.50 Å². The molecular weight excluding hydrogens is 321 g/mol. The molecule has 1 aromatic carbocycles. The van der Waals surface area contributed by atoms with Crippen molar-refractivity contribution in [3.63, 3.8) is 0 Å². The van der Waals surface area contributed by atoms with Gasteiger partial charge in [-0.25, -0.2) is 4.39 Å². The molecule has 1 atom stereocenters. The molecule has 4 heteroatoms. The van der Waals surface area contributed by atoms with Crippen molar-refractivity contribution in [3.8, 4) is 0 Å². The minimum Gasteiger partial charge on any atom is -0.388 e. The predicted molar refractivity (Wildman–Crippen MR) is 83.4 cm³/mol. The molecule has 1 aromatic rings. The Kier molecular flexibility index (Phi) is 5.35. The third-order valence-corrected chi connectivity index (χ3v) is 4.46. The molecule has 1 fully saturated rings. The maximum Gasteiger partial charge on any atom is 0.100 e. The molecule has 0 bridgehead atoms. The Balaban J connectivity index is 2.24. The standard InChI is InChI=1S/C16H21BrFNO/c1-2-10-19-15(12-4-3-5-13(17)11-12)16(20)8-6-14(18)7-9-16/h2-5,11,14-15,19-20H,1,6-10H2. The fourth-order valence-corrected chi connectivity index (χ4v) is 3.29. The lowest BCUT2D eigenvalue weighted by molar-refractivity contribution is -0.0456. The van der Waals surface area contributed by atoms with Crippen LogP contribution in [0.1, 0.15) is 37.3 Å². The van der Waals surface area contributed by atoms with Crippen LogP contribution in [0.3, 0.4) is 0 Å². The van der Waals surface area contributed by atoms with Crippen LogP contribution in [0, 0.1) is 0 Å². The van der Waals surface area contributed by atoms with Crippen molar-refractivity contribution in [2.24, 2.45) is 0 Å². The summed E-state index contributed by atoms with van der Waals surface area (Å²) >= 11 is 3.46. The molecule has 0 spiro atoms. The molecule has 1 aliphatic rings. The van der Waals surface area contributed by atoms with E-state index in [9.17, 15) is 9.50 Å². The van der Waals surface area contributed by atoms with E-state index < -0.39 is 11.8 Å². The number of nitrogens with one attached hydrogen (secondary N) is 1. The quantitative estimate of drug-likeness (QED) is 0.796. The van der Waals surface area contributed by atoms with Crippen LogP contribution in [0.2, 0.25) is 0 Å². The van der Waals surface area contributed by atoms with Gasteiger partial charge in [0.05, 0.1) is 11.6 Å². The van der Waals surface area contributed by atoms with E-state index in [4.69, 9.17) is 0 Å². The zero-order valence-electron chi connectivity index (χ0n) is 11.5. The maximum atomic E-state index is 13.4. The van der Waals surface area contributed by atoms with Gasteiger partial charge in [0, 0.05) is 11.0 Å². The number of benzene rings is 1. The van der Waals surface area contributed by atoms with Crippen LogP contribution in [-0.2, 0) is 0 Å². The molecule has 0 radical (unpaired) electrons. The van der Waals surface area contributed by atoms with E-state index in [1.54, 1.807) is 6.08 Å². The molecule has 2 N–H and O–H groups in total. The number of alkyl halides is 1. The van der Waals surface area contributed by atoms with Gasteiger partial charge in [-0.3, -0.25) is 0 Å². The maximum absolute atomic E-state index is 13.4. The second-order valence-electron chi connectivity index (χ2n) is 5.46. The molecule has 0 heterocycles. The minimum atomic E-state index is -0.896. The van der Waals surface area contributed by atoms with Crippen LogP contribution in [0.15, 0.2) is 41.4 Å². The summed E-state index contributed by atoms with van der Waals surface area (Å²) in [7, 11) is 0.